The molecule has 0 aliphatic rings. The minimum atomic E-state index is 0.837. The average molecular weight is 283 g/mol. The molecular weight excluding hydrogens is 266 g/mol. The third kappa shape index (κ3) is 2.91. The van der Waals surface area contributed by atoms with E-state index >= 15 is 0 Å². The maximum atomic E-state index is 5.80. The normalized spacial score (nSPS) is 10.8. The molecule has 4 heteroatoms. The topological polar surface area (TPSA) is 43.8 Å². The summed E-state index contributed by atoms with van der Waals surface area (Å²) < 4.78 is 2.22. The number of nitrogens with two attached hydrogens (primary N) is 1. The van der Waals surface area contributed by atoms with Crippen molar-refractivity contribution in [2.75, 3.05) is 5.73 Å². The quantitative estimate of drug-likeness (QED) is 0.723. The highest BCUT2D eigenvalue weighted by atomic mass is 32.1. The molecule has 2 N–H and O–H groups in total. The van der Waals surface area contributed by atoms with E-state index in [4.69, 9.17) is 5.73 Å². The van der Waals surface area contributed by atoms with Gasteiger partial charge in [0.1, 0.15) is 5.82 Å². The van der Waals surface area contributed by atoms with Crippen molar-refractivity contribution < 1.29 is 0 Å². The summed E-state index contributed by atoms with van der Waals surface area (Å²) >= 11 is 1.73. The Labute approximate surface area is 122 Å². The van der Waals surface area contributed by atoms with Gasteiger partial charge in [-0.05, 0) is 42.0 Å². The number of aromatic nitrogens is 2. The first-order valence-electron chi connectivity index (χ1n) is 6.72. The molecule has 0 fully saturated rings. The first-order chi connectivity index (χ1) is 9.83. The first kappa shape index (κ1) is 12.9. The van der Waals surface area contributed by atoms with E-state index in [-0.39, 0.29) is 0 Å². The Kier molecular flexibility index (Phi) is 3.83. The molecule has 0 saturated carbocycles. The summed E-state index contributed by atoms with van der Waals surface area (Å²) in [4.78, 5) is 5.67. The van der Waals surface area contributed by atoms with Gasteiger partial charge >= 0.3 is 0 Å². The lowest BCUT2D eigenvalue weighted by molar-refractivity contribution is 0.648. The van der Waals surface area contributed by atoms with Gasteiger partial charge in [0.25, 0.3) is 0 Å². The Balaban J connectivity index is 1.64. The van der Waals surface area contributed by atoms with Crippen molar-refractivity contribution in [2.45, 2.75) is 19.4 Å². The molecule has 0 amide bonds. The van der Waals surface area contributed by atoms with Crippen molar-refractivity contribution in [3.63, 3.8) is 0 Å². The molecule has 0 aliphatic heterocycles. The number of imidazole rings is 1. The SMILES string of the molecule is Nc1cccc(CCCn2ccnc2-c2cccs2)c1. The van der Waals surface area contributed by atoms with E-state index in [2.05, 4.69) is 39.3 Å². The van der Waals surface area contributed by atoms with Crippen LogP contribution in [0.3, 0.4) is 0 Å². The van der Waals surface area contributed by atoms with Crippen molar-refractivity contribution in [1.82, 2.24) is 9.55 Å². The zero-order valence-corrected chi connectivity index (χ0v) is 12.0. The van der Waals surface area contributed by atoms with Crippen molar-refractivity contribution in [3.8, 4) is 10.7 Å². The maximum absolute atomic E-state index is 5.80. The summed E-state index contributed by atoms with van der Waals surface area (Å²) in [5, 5.41) is 2.08. The average Bonchev–Trinajstić information content (AvgIpc) is 3.09. The van der Waals surface area contributed by atoms with Gasteiger partial charge in [0.2, 0.25) is 0 Å². The molecule has 0 unspecified atom stereocenters. The van der Waals surface area contributed by atoms with Gasteiger partial charge in [-0.15, -0.1) is 11.3 Å². The summed E-state index contributed by atoms with van der Waals surface area (Å²) in [6.07, 6.45) is 6.04. The van der Waals surface area contributed by atoms with Gasteiger partial charge in [0, 0.05) is 24.6 Å². The highest BCUT2D eigenvalue weighted by molar-refractivity contribution is 7.13. The Bertz CT molecular complexity index is 671. The lowest BCUT2D eigenvalue weighted by atomic mass is 10.1. The molecule has 20 heavy (non-hydrogen) atoms. The molecule has 0 radical (unpaired) electrons. The van der Waals surface area contributed by atoms with Crippen LogP contribution in [0.1, 0.15) is 12.0 Å². The fourth-order valence-corrected chi connectivity index (χ4v) is 3.06. The highest BCUT2D eigenvalue weighted by Crippen LogP contribution is 2.23. The van der Waals surface area contributed by atoms with Crippen LogP contribution < -0.4 is 5.73 Å². The van der Waals surface area contributed by atoms with Crippen molar-refractivity contribution >= 4 is 17.0 Å². The number of aryl methyl sites for hydroxylation is 2. The standard InChI is InChI=1S/C16H17N3S/c17-14-6-1-4-13(12-14)5-2-9-19-10-8-18-16(19)15-7-3-11-20-15/h1,3-4,6-8,10-12H,2,5,9,17H2. The fourth-order valence-electron chi connectivity index (χ4n) is 2.32. The molecule has 2 aromatic heterocycles. The van der Waals surface area contributed by atoms with Crippen molar-refractivity contribution in [3.05, 3.63) is 59.7 Å². The molecule has 3 rings (SSSR count). The molecule has 3 aromatic rings. The summed E-state index contributed by atoms with van der Waals surface area (Å²) in [6, 6.07) is 12.3. The van der Waals surface area contributed by atoms with Crippen LogP contribution >= 0.6 is 11.3 Å². The third-order valence-corrected chi connectivity index (χ3v) is 4.14. The minimum Gasteiger partial charge on any atom is -0.399 e. The molecule has 1 aromatic carbocycles. The highest BCUT2D eigenvalue weighted by Gasteiger charge is 2.06. The van der Waals surface area contributed by atoms with Gasteiger partial charge in [0.05, 0.1) is 4.88 Å². The molecule has 102 valence electrons. The third-order valence-electron chi connectivity index (χ3n) is 3.27. The van der Waals surface area contributed by atoms with E-state index in [1.165, 1.54) is 10.4 Å². The Morgan fingerprint density at radius 3 is 2.95 bits per heavy atom. The largest absolute Gasteiger partial charge is 0.399 e. The van der Waals surface area contributed by atoms with Gasteiger partial charge in [-0.2, -0.15) is 0 Å². The molecule has 0 atom stereocenters. The van der Waals surface area contributed by atoms with Crippen LogP contribution in [-0.2, 0) is 13.0 Å². The number of nitrogen functional groups attached to an aromatic ring is 1. The van der Waals surface area contributed by atoms with Crippen LogP contribution in [0.5, 0.6) is 0 Å². The smallest absolute Gasteiger partial charge is 0.149 e. The van der Waals surface area contributed by atoms with E-state index in [1.807, 2.05) is 24.4 Å². The molecule has 2 heterocycles. The zero-order valence-electron chi connectivity index (χ0n) is 11.2. The maximum Gasteiger partial charge on any atom is 0.149 e. The summed E-state index contributed by atoms with van der Waals surface area (Å²) in [6.45, 7) is 0.974. The number of anilines is 1. The Morgan fingerprint density at radius 1 is 1.20 bits per heavy atom. The predicted molar refractivity (Wildman–Crippen MR) is 84.7 cm³/mol. The van der Waals surface area contributed by atoms with Gasteiger partial charge in [-0.1, -0.05) is 18.2 Å². The summed E-state index contributed by atoms with van der Waals surface area (Å²) in [7, 11) is 0. The molecule has 3 nitrogen and oxygen atoms in total. The van der Waals surface area contributed by atoms with Gasteiger partial charge in [-0.25, -0.2) is 4.98 Å². The molecule has 0 bridgehead atoms. The first-order valence-corrected chi connectivity index (χ1v) is 7.60. The van der Waals surface area contributed by atoms with Crippen LogP contribution in [0.25, 0.3) is 10.7 Å². The van der Waals surface area contributed by atoms with Crippen molar-refractivity contribution in [2.24, 2.45) is 0 Å². The predicted octanol–water partition coefficient (Wildman–Crippen LogP) is 3.83. The minimum absolute atomic E-state index is 0.837. The summed E-state index contributed by atoms with van der Waals surface area (Å²) in [5.74, 6) is 1.06. The van der Waals surface area contributed by atoms with Crippen molar-refractivity contribution in [1.29, 1.82) is 0 Å². The second-order valence-electron chi connectivity index (χ2n) is 4.77. The Hall–Kier alpha value is -2.07. The number of rotatable bonds is 5. The molecule has 0 spiro atoms. The van der Waals surface area contributed by atoms with Gasteiger partial charge in [-0.3, -0.25) is 0 Å². The molecule has 0 aliphatic carbocycles. The summed E-state index contributed by atoms with van der Waals surface area (Å²) in [5.41, 5.74) is 7.93. The second kappa shape index (κ2) is 5.92. The number of benzene rings is 1. The second-order valence-corrected chi connectivity index (χ2v) is 5.72. The van der Waals surface area contributed by atoms with E-state index in [9.17, 15) is 0 Å². The van der Waals surface area contributed by atoms with E-state index in [0.29, 0.717) is 0 Å². The zero-order chi connectivity index (χ0) is 13.8. The van der Waals surface area contributed by atoms with Crippen LogP contribution in [0.15, 0.2) is 54.2 Å². The van der Waals surface area contributed by atoms with E-state index in [0.717, 1.165) is 30.9 Å². The van der Waals surface area contributed by atoms with Crippen LogP contribution in [-0.4, -0.2) is 9.55 Å². The molecular formula is C16H17N3S. The number of thiophene rings is 1. The van der Waals surface area contributed by atoms with E-state index < -0.39 is 0 Å². The number of hydrogen-bond donors (Lipinski definition) is 1. The fraction of sp³-hybridized carbons (Fsp3) is 0.188. The van der Waals surface area contributed by atoms with Crippen LogP contribution in [0.4, 0.5) is 5.69 Å². The van der Waals surface area contributed by atoms with Crippen LogP contribution in [0.2, 0.25) is 0 Å². The number of hydrogen-bond acceptors (Lipinski definition) is 3. The lowest BCUT2D eigenvalue weighted by Gasteiger charge is -2.07. The van der Waals surface area contributed by atoms with E-state index in [1.54, 1.807) is 11.3 Å². The Morgan fingerprint density at radius 2 is 2.15 bits per heavy atom. The number of nitrogens with zero attached hydrogens (tertiary/aromatic N) is 2. The monoisotopic (exact) mass is 283 g/mol. The van der Waals surface area contributed by atoms with Gasteiger partial charge in [0.15, 0.2) is 0 Å². The molecule has 0 saturated heterocycles. The van der Waals surface area contributed by atoms with Crippen LogP contribution in [0, 0.1) is 0 Å². The lowest BCUT2D eigenvalue weighted by Crippen LogP contribution is -2.00. The van der Waals surface area contributed by atoms with Gasteiger partial charge < -0.3 is 10.3 Å².